The maximum absolute atomic E-state index is 12.7. The fraction of sp³-hybridized carbons (Fsp3) is 0.538. The Morgan fingerprint density at radius 2 is 1.86 bits per heavy atom. The number of anilines is 1. The highest BCUT2D eigenvalue weighted by molar-refractivity contribution is 7.92. The second-order valence-corrected chi connectivity index (χ2v) is 7.53. The maximum Gasteiger partial charge on any atom is 0.501 e. The van der Waals surface area contributed by atoms with Crippen LogP contribution in [0.4, 0.5) is 18.9 Å². The first kappa shape index (κ1) is 16.4. The smallest absolute Gasteiger partial charge is 0.383 e. The SMILES string of the molecule is O=S(=O)(c1ccccc1NCC1(CCCl)CC1)C(F)(F)F. The van der Waals surface area contributed by atoms with Gasteiger partial charge in [0.2, 0.25) is 0 Å². The zero-order chi connectivity index (χ0) is 15.7. The van der Waals surface area contributed by atoms with Crippen LogP contribution in [0.25, 0.3) is 0 Å². The van der Waals surface area contributed by atoms with Crippen LogP contribution in [-0.2, 0) is 9.84 Å². The molecule has 8 heteroatoms. The highest BCUT2D eigenvalue weighted by atomic mass is 35.5. The molecule has 0 heterocycles. The van der Waals surface area contributed by atoms with Crippen LogP contribution in [-0.4, -0.2) is 26.4 Å². The molecule has 0 saturated heterocycles. The third kappa shape index (κ3) is 3.45. The zero-order valence-electron chi connectivity index (χ0n) is 11.1. The number of para-hydroxylation sites is 1. The number of halogens is 4. The number of rotatable bonds is 6. The molecule has 0 aromatic heterocycles. The van der Waals surface area contributed by atoms with Gasteiger partial charge >= 0.3 is 5.51 Å². The highest BCUT2D eigenvalue weighted by Crippen LogP contribution is 2.49. The Bertz CT molecular complexity index is 612. The number of alkyl halides is 4. The molecular weight excluding hydrogens is 327 g/mol. The summed E-state index contributed by atoms with van der Waals surface area (Å²) in [5.74, 6) is 0.476. The van der Waals surface area contributed by atoms with Crippen molar-refractivity contribution in [1.82, 2.24) is 0 Å². The second-order valence-electron chi connectivity index (χ2n) is 5.24. The predicted octanol–water partition coefficient (Wildman–Crippen LogP) is 3.80. The highest BCUT2D eigenvalue weighted by Gasteiger charge is 2.48. The molecular formula is C13H15ClF3NO2S. The molecule has 3 nitrogen and oxygen atoms in total. The molecule has 0 radical (unpaired) electrons. The van der Waals surface area contributed by atoms with Crippen LogP contribution < -0.4 is 5.32 Å². The number of hydrogen-bond acceptors (Lipinski definition) is 3. The van der Waals surface area contributed by atoms with Crippen LogP contribution in [0, 0.1) is 5.41 Å². The van der Waals surface area contributed by atoms with E-state index in [4.69, 9.17) is 11.6 Å². The minimum Gasteiger partial charge on any atom is -0.383 e. The topological polar surface area (TPSA) is 46.2 Å². The molecule has 1 saturated carbocycles. The number of benzene rings is 1. The van der Waals surface area contributed by atoms with Crippen LogP contribution in [0.3, 0.4) is 0 Å². The van der Waals surface area contributed by atoms with Gasteiger partial charge in [-0.2, -0.15) is 13.2 Å². The van der Waals surface area contributed by atoms with Crippen LogP contribution in [0.5, 0.6) is 0 Å². The fourth-order valence-corrected chi connectivity index (χ4v) is 3.48. The van der Waals surface area contributed by atoms with Crippen molar-refractivity contribution in [2.75, 3.05) is 17.7 Å². The number of hydrogen-bond donors (Lipinski definition) is 1. The van der Waals surface area contributed by atoms with Gasteiger partial charge in [0, 0.05) is 12.4 Å². The quantitative estimate of drug-likeness (QED) is 0.800. The fourth-order valence-electron chi connectivity index (χ4n) is 2.15. The van der Waals surface area contributed by atoms with E-state index in [0.717, 1.165) is 25.3 Å². The van der Waals surface area contributed by atoms with Crippen molar-refractivity contribution in [2.45, 2.75) is 29.7 Å². The van der Waals surface area contributed by atoms with E-state index in [1.54, 1.807) is 0 Å². The Morgan fingerprint density at radius 3 is 2.38 bits per heavy atom. The summed E-state index contributed by atoms with van der Waals surface area (Å²) in [4.78, 5) is -0.737. The monoisotopic (exact) mass is 341 g/mol. The van der Waals surface area contributed by atoms with Gasteiger partial charge in [-0.25, -0.2) is 8.42 Å². The molecule has 0 bridgehead atoms. The molecule has 0 unspecified atom stereocenters. The van der Waals surface area contributed by atoms with Gasteiger partial charge in [-0.05, 0) is 36.8 Å². The van der Waals surface area contributed by atoms with Crippen LogP contribution in [0.1, 0.15) is 19.3 Å². The molecule has 1 fully saturated rings. The van der Waals surface area contributed by atoms with Gasteiger partial charge < -0.3 is 5.32 Å². The van der Waals surface area contributed by atoms with Crippen molar-refractivity contribution in [3.05, 3.63) is 24.3 Å². The van der Waals surface area contributed by atoms with Gasteiger partial charge in [0.05, 0.1) is 10.6 Å². The van der Waals surface area contributed by atoms with E-state index >= 15 is 0 Å². The first-order chi connectivity index (χ1) is 9.72. The number of nitrogens with one attached hydrogen (secondary N) is 1. The van der Waals surface area contributed by atoms with E-state index in [-0.39, 0.29) is 11.1 Å². The first-order valence-electron chi connectivity index (χ1n) is 6.42. The zero-order valence-corrected chi connectivity index (χ0v) is 12.7. The van der Waals surface area contributed by atoms with Crippen LogP contribution in [0.2, 0.25) is 0 Å². The lowest BCUT2D eigenvalue weighted by molar-refractivity contribution is -0.0435. The third-order valence-electron chi connectivity index (χ3n) is 3.72. The van der Waals surface area contributed by atoms with Gasteiger partial charge in [0.1, 0.15) is 0 Å². The summed E-state index contributed by atoms with van der Waals surface area (Å²) in [5.41, 5.74) is -5.34. The van der Waals surface area contributed by atoms with Crippen molar-refractivity contribution < 1.29 is 21.6 Å². The molecule has 0 spiro atoms. The molecule has 2 rings (SSSR count). The molecule has 0 atom stereocenters. The lowest BCUT2D eigenvalue weighted by Gasteiger charge is -2.18. The Hall–Kier alpha value is -0.950. The first-order valence-corrected chi connectivity index (χ1v) is 8.44. The Balaban J connectivity index is 2.22. The molecule has 1 aromatic rings. The Labute approximate surface area is 126 Å². The standard InChI is InChI=1S/C13H15ClF3NO2S/c14-8-7-12(5-6-12)9-18-10-3-1-2-4-11(10)21(19,20)13(15,16)17/h1-4,18H,5-9H2. The summed E-state index contributed by atoms with van der Waals surface area (Å²) in [6.07, 6.45) is 2.65. The molecule has 1 aliphatic carbocycles. The molecule has 1 aliphatic rings. The van der Waals surface area contributed by atoms with E-state index in [0.29, 0.717) is 12.4 Å². The third-order valence-corrected chi connectivity index (χ3v) is 5.45. The summed E-state index contributed by atoms with van der Waals surface area (Å²) in [6.45, 7) is 0.421. The van der Waals surface area contributed by atoms with Crippen LogP contribution in [0.15, 0.2) is 29.2 Å². The van der Waals surface area contributed by atoms with Crippen LogP contribution >= 0.6 is 11.6 Å². The van der Waals surface area contributed by atoms with Gasteiger partial charge in [0.15, 0.2) is 0 Å². The molecule has 0 aliphatic heterocycles. The average Bonchev–Trinajstić information content (AvgIpc) is 3.16. The largest absolute Gasteiger partial charge is 0.501 e. The molecule has 1 aromatic carbocycles. The van der Waals surface area contributed by atoms with Crippen molar-refractivity contribution >= 4 is 27.1 Å². The Morgan fingerprint density at radius 1 is 1.24 bits per heavy atom. The van der Waals surface area contributed by atoms with Gasteiger partial charge in [-0.1, -0.05) is 12.1 Å². The number of sulfone groups is 1. The predicted molar refractivity (Wildman–Crippen MR) is 75.2 cm³/mol. The lowest BCUT2D eigenvalue weighted by Crippen LogP contribution is -2.25. The van der Waals surface area contributed by atoms with Crippen molar-refractivity contribution in [2.24, 2.45) is 5.41 Å². The molecule has 1 N–H and O–H groups in total. The van der Waals surface area contributed by atoms with E-state index < -0.39 is 20.2 Å². The normalized spacial score (nSPS) is 17.5. The maximum atomic E-state index is 12.7. The Kier molecular flexibility index (Phi) is 4.44. The summed E-state index contributed by atoms with van der Waals surface area (Å²) in [6, 6.07) is 5.08. The van der Waals surface area contributed by atoms with Crippen molar-refractivity contribution in [3.8, 4) is 0 Å². The van der Waals surface area contributed by atoms with E-state index in [1.165, 1.54) is 18.2 Å². The van der Waals surface area contributed by atoms with E-state index in [9.17, 15) is 21.6 Å². The van der Waals surface area contributed by atoms with Crippen molar-refractivity contribution in [1.29, 1.82) is 0 Å². The molecule has 21 heavy (non-hydrogen) atoms. The summed E-state index contributed by atoms with van der Waals surface area (Å²) in [5, 5.41) is 2.84. The average molecular weight is 342 g/mol. The van der Waals surface area contributed by atoms with Gasteiger partial charge in [-0.15, -0.1) is 11.6 Å². The van der Waals surface area contributed by atoms with Gasteiger partial charge in [0.25, 0.3) is 9.84 Å². The van der Waals surface area contributed by atoms with E-state index in [2.05, 4.69) is 5.32 Å². The van der Waals surface area contributed by atoms with Gasteiger partial charge in [-0.3, -0.25) is 0 Å². The summed E-state index contributed by atoms with van der Waals surface area (Å²) >= 11 is 5.70. The van der Waals surface area contributed by atoms with Crippen molar-refractivity contribution in [3.63, 3.8) is 0 Å². The molecule has 0 amide bonds. The summed E-state index contributed by atoms with van der Waals surface area (Å²) < 4.78 is 61.1. The lowest BCUT2D eigenvalue weighted by atomic mass is 10.0. The van der Waals surface area contributed by atoms with E-state index in [1.807, 2.05) is 0 Å². The second kappa shape index (κ2) is 5.68. The minimum atomic E-state index is -5.36. The summed E-state index contributed by atoms with van der Waals surface area (Å²) in [7, 11) is -5.36. The minimum absolute atomic E-state index is 0.0170. The molecule has 118 valence electrons.